The maximum absolute atomic E-state index is 9.28. The molecule has 0 aliphatic rings. The monoisotopic (exact) mass is 198 g/mol. The van der Waals surface area contributed by atoms with Crippen LogP contribution in [0.3, 0.4) is 0 Å². The Morgan fingerprint density at radius 1 is 1.56 bits per heavy atom. The molecule has 0 aromatic heterocycles. The van der Waals surface area contributed by atoms with E-state index in [9.17, 15) is 4.79 Å². The molecule has 0 aromatic rings. The topological polar surface area (TPSA) is 87.0 Å². The third-order valence-electron chi connectivity index (χ3n) is 0.160. The van der Waals surface area contributed by atoms with Gasteiger partial charge in [-0.25, -0.2) is 4.79 Å². The molecule has 0 spiro atoms. The zero-order valence-corrected chi connectivity index (χ0v) is 6.92. The van der Waals surface area contributed by atoms with E-state index in [0.29, 0.717) is 0 Å². The molecule has 0 radical (unpaired) electrons. The molecule has 8 heteroatoms. The van der Waals surface area contributed by atoms with Gasteiger partial charge in [0.1, 0.15) is 0 Å². The van der Waals surface area contributed by atoms with Crippen LogP contribution in [0.25, 0.3) is 0 Å². The van der Waals surface area contributed by atoms with Crippen molar-refractivity contribution in [2.24, 2.45) is 0 Å². The van der Waals surface area contributed by atoms with Gasteiger partial charge in [0.05, 0.1) is 0 Å². The fourth-order valence-corrected chi connectivity index (χ4v) is 0.210. The molecule has 0 aliphatic heterocycles. The van der Waals surface area contributed by atoms with Gasteiger partial charge in [0, 0.05) is 0 Å². The van der Waals surface area contributed by atoms with Crippen LogP contribution in [-0.2, 0) is 4.52 Å². The van der Waals surface area contributed by atoms with Gasteiger partial charge in [-0.3, -0.25) is 0 Å². The molecule has 0 amide bonds. The molecule has 0 atom stereocenters. The van der Waals surface area contributed by atoms with Crippen LogP contribution >= 0.6 is 8.60 Å². The molecule has 9 heavy (non-hydrogen) atoms. The Morgan fingerprint density at radius 2 is 1.89 bits per heavy atom. The smallest absolute Gasteiger partial charge is 1.00 e. The SMILES string of the molecule is O=C(O)OP(O)O.[AlH3].[Ca+2].[H-].[H-]. The minimum Gasteiger partial charge on any atom is -1.00 e. The van der Waals surface area contributed by atoms with Crippen molar-refractivity contribution in [2.75, 3.05) is 0 Å². The zero-order valence-electron chi connectivity index (χ0n) is 5.81. The average Bonchev–Trinajstić information content (AvgIpc) is 1.27. The van der Waals surface area contributed by atoms with E-state index >= 15 is 0 Å². The van der Waals surface area contributed by atoms with Crippen molar-refractivity contribution >= 4 is 69.9 Å². The van der Waals surface area contributed by atoms with Gasteiger partial charge in [-0.15, -0.1) is 0 Å². The molecule has 0 fully saturated rings. The van der Waals surface area contributed by atoms with Crippen LogP contribution in [0.4, 0.5) is 4.79 Å². The molecular weight excluding hydrogens is 190 g/mol. The van der Waals surface area contributed by atoms with E-state index in [0.717, 1.165) is 0 Å². The Morgan fingerprint density at radius 3 is 1.89 bits per heavy atom. The van der Waals surface area contributed by atoms with Crippen LogP contribution in [0, 0.1) is 0 Å². The summed E-state index contributed by atoms with van der Waals surface area (Å²) in [6.07, 6.45) is -1.68. The summed E-state index contributed by atoms with van der Waals surface area (Å²) < 4.78 is 3.34. The first kappa shape index (κ1) is 16.8. The van der Waals surface area contributed by atoms with Crippen molar-refractivity contribution in [1.82, 2.24) is 0 Å². The molecular formula is CH8AlCaO5P. The molecule has 0 aromatic carbocycles. The molecule has 0 heterocycles. The van der Waals surface area contributed by atoms with Crippen LogP contribution in [0.1, 0.15) is 2.85 Å². The van der Waals surface area contributed by atoms with Gasteiger partial charge in [-0.05, 0) is 0 Å². The molecule has 0 saturated heterocycles. The summed E-state index contributed by atoms with van der Waals surface area (Å²) in [5.41, 5.74) is 0. The Hall–Kier alpha value is 1.41. The van der Waals surface area contributed by atoms with Gasteiger partial charge in [0.15, 0.2) is 17.4 Å². The quantitative estimate of drug-likeness (QED) is 0.354. The third-order valence-corrected chi connectivity index (χ3v) is 0.479. The number of hydrogen-bond acceptors (Lipinski definition) is 4. The fraction of sp³-hybridized carbons (Fsp3) is 0. The largest absolute Gasteiger partial charge is 2.00 e. The fourth-order valence-electron chi connectivity index (χ4n) is 0.0698. The Bertz CT molecular complexity index is 84.9. The summed E-state index contributed by atoms with van der Waals surface area (Å²) in [5, 5.41) is 7.56. The number of rotatable bonds is 1. The molecule has 5 nitrogen and oxygen atoms in total. The van der Waals surface area contributed by atoms with Crippen molar-refractivity contribution in [1.29, 1.82) is 0 Å². The molecule has 0 saturated carbocycles. The summed E-state index contributed by atoms with van der Waals surface area (Å²) in [6.45, 7) is 0. The summed E-state index contributed by atoms with van der Waals surface area (Å²) in [7, 11) is -2.74. The number of carboxylic acid groups (broad SMARTS) is 1. The van der Waals surface area contributed by atoms with E-state index in [1.807, 2.05) is 0 Å². The predicted molar refractivity (Wildman–Crippen MR) is 38.4 cm³/mol. The average molecular weight is 198 g/mol. The summed E-state index contributed by atoms with van der Waals surface area (Å²) >= 11 is 0. The molecule has 0 unspecified atom stereocenters. The van der Waals surface area contributed by atoms with E-state index in [2.05, 4.69) is 4.52 Å². The van der Waals surface area contributed by atoms with Crippen molar-refractivity contribution in [3.63, 3.8) is 0 Å². The van der Waals surface area contributed by atoms with Gasteiger partial charge < -0.3 is 22.3 Å². The van der Waals surface area contributed by atoms with Crippen LogP contribution < -0.4 is 0 Å². The van der Waals surface area contributed by atoms with Crippen molar-refractivity contribution in [2.45, 2.75) is 0 Å². The first-order chi connectivity index (χ1) is 3.13. The number of carbonyl (C=O) groups is 1. The second kappa shape index (κ2) is 9.41. The van der Waals surface area contributed by atoms with Crippen molar-refractivity contribution in [3.05, 3.63) is 0 Å². The number of hydrogen-bond donors (Lipinski definition) is 3. The second-order valence-corrected chi connectivity index (χ2v) is 1.30. The van der Waals surface area contributed by atoms with Crippen LogP contribution in [0.5, 0.6) is 0 Å². The van der Waals surface area contributed by atoms with Gasteiger partial charge >= 0.3 is 52.5 Å². The first-order valence-corrected chi connectivity index (χ1v) is 2.38. The van der Waals surface area contributed by atoms with Gasteiger partial charge in [0.25, 0.3) is 0 Å². The van der Waals surface area contributed by atoms with Gasteiger partial charge in [0.2, 0.25) is 0 Å². The zero-order chi connectivity index (χ0) is 5.86. The summed E-state index contributed by atoms with van der Waals surface area (Å²) in [5.74, 6) is 0. The predicted octanol–water partition coefficient (Wildman–Crippen LogP) is -1.45. The van der Waals surface area contributed by atoms with E-state index in [1.54, 1.807) is 0 Å². The minimum absolute atomic E-state index is 0. The van der Waals surface area contributed by atoms with E-state index in [4.69, 9.17) is 14.9 Å². The van der Waals surface area contributed by atoms with Crippen LogP contribution in [0.15, 0.2) is 0 Å². The normalized spacial score (nSPS) is 7.00. The standard InChI is InChI=1S/CH3O5P.Al.Ca.5H/c2-1(3)6-7(4)5;;;;;;;/h4-5H,(H,2,3);;;;;;;/q;;+2;;;;2*-1. The van der Waals surface area contributed by atoms with Crippen molar-refractivity contribution in [3.8, 4) is 0 Å². The molecule has 0 rings (SSSR count). The maximum Gasteiger partial charge on any atom is 2.00 e. The first-order valence-electron chi connectivity index (χ1n) is 1.21. The third kappa shape index (κ3) is 17.7. The molecule has 0 aliphatic carbocycles. The van der Waals surface area contributed by atoms with E-state index in [-0.39, 0.29) is 58.0 Å². The molecule has 3 N–H and O–H groups in total. The van der Waals surface area contributed by atoms with Gasteiger partial charge in [-0.2, -0.15) is 0 Å². The van der Waals surface area contributed by atoms with Crippen LogP contribution in [-0.4, -0.2) is 76.1 Å². The van der Waals surface area contributed by atoms with E-state index in [1.165, 1.54) is 0 Å². The van der Waals surface area contributed by atoms with E-state index < -0.39 is 14.8 Å². The molecule has 0 bridgehead atoms. The summed E-state index contributed by atoms with van der Waals surface area (Å²) in [4.78, 5) is 24.8. The van der Waals surface area contributed by atoms with Gasteiger partial charge in [-0.1, -0.05) is 0 Å². The Balaban J connectivity index is -0.0000000300. The Kier molecular flexibility index (Phi) is 17.6. The molecule has 52 valence electrons. The second-order valence-electron chi connectivity index (χ2n) is 0.610. The Labute approximate surface area is 96.1 Å². The summed E-state index contributed by atoms with van der Waals surface area (Å²) in [6, 6.07) is 0. The van der Waals surface area contributed by atoms with Crippen LogP contribution in [0.2, 0.25) is 0 Å². The minimum atomic E-state index is -2.74. The maximum atomic E-state index is 9.28. The van der Waals surface area contributed by atoms with Crippen molar-refractivity contribution < 1.29 is 27.1 Å².